The van der Waals surface area contributed by atoms with E-state index in [1.807, 2.05) is 50.4 Å². The Morgan fingerprint density at radius 2 is 1.81 bits per heavy atom. The van der Waals surface area contributed by atoms with Crippen LogP contribution in [0.1, 0.15) is 11.5 Å². The number of benzene rings is 2. The van der Waals surface area contributed by atoms with Gasteiger partial charge in [-0.15, -0.1) is 0 Å². The molecule has 6 rings (SSSR count). The van der Waals surface area contributed by atoms with Gasteiger partial charge in [-0.05, 0) is 38.1 Å². The molecule has 4 aromatic heterocycles. The van der Waals surface area contributed by atoms with E-state index in [-0.39, 0.29) is 0 Å². The highest BCUT2D eigenvalue weighted by atomic mass is 16.5. The fourth-order valence-corrected chi connectivity index (χ4v) is 4.49. The highest BCUT2D eigenvalue weighted by Crippen LogP contribution is 2.41. The van der Waals surface area contributed by atoms with Crippen LogP contribution in [-0.4, -0.2) is 32.2 Å². The molecule has 0 amide bonds. The molecule has 7 heteroatoms. The van der Waals surface area contributed by atoms with Crippen molar-refractivity contribution in [3.8, 4) is 28.1 Å². The van der Waals surface area contributed by atoms with Crippen molar-refractivity contribution in [3.63, 3.8) is 0 Å². The zero-order chi connectivity index (χ0) is 21.8. The molecule has 0 aliphatic heterocycles. The van der Waals surface area contributed by atoms with E-state index >= 15 is 0 Å². The number of aromatic amines is 1. The van der Waals surface area contributed by atoms with E-state index in [1.165, 1.54) is 0 Å². The molecule has 0 unspecified atom stereocenters. The first-order valence-electron chi connectivity index (χ1n) is 10.3. The number of pyridine rings is 1. The maximum atomic E-state index is 5.79. The van der Waals surface area contributed by atoms with Crippen molar-refractivity contribution >= 4 is 32.8 Å². The number of rotatable bonds is 3. The molecular formula is C25H19N5O2. The number of aromatic nitrogens is 5. The summed E-state index contributed by atoms with van der Waals surface area (Å²) < 4.78 is 11.2. The van der Waals surface area contributed by atoms with E-state index in [9.17, 15) is 0 Å². The van der Waals surface area contributed by atoms with Gasteiger partial charge >= 0.3 is 0 Å². The van der Waals surface area contributed by atoms with Crippen molar-refractivity contribution < 1.29 is 9.26 Å². The van der Waals surface area contributed by atoms with Gasteiger partial charge in [0.25, 0.3) is 0 Å². The summed E-state index contributed by atoms with van der Waals surface area (Å²) >= 11 is 0. The normalized spacial score (nSPS) is 11.6. The van der Waals surface area contributed by atoms with Gasteiger partial charge in [0.05, 0.1) is 35.0 Å². The van der Waals surface area contributed by atoms with Crippen LogP contribution in [-0.2, 0) is 0 Å². The minimum absolute atomic E-state index is 0.738. The van der Waals surface area contributed by atoms with E-state index in [4.69, 9.17) is 9.26 Å². The molecule has 1 N–H and O–H groups in total. The number of H-pyrrole nitrogens is 1. The molecule has 2 aromatic carbocycles. The average molecular weight is 421 g/mol. The number of para-hydroxylation sites is 1. The lowest BCUT2D eigenvalue weighted by Crippen LogP contribution is -1.91. The summed E-state index contributed by atoms with van der Waals surface area (Å²) in [7, 11) is 1.67. The van der Waals surface area contributed by atoms with Gasteiger partial charge in [0.15, 0.2) is 0 Å². The van der Waals surface area contributed by atoms with Gasteiger partial charge < -0.3 is 14.2 Å². The minimum Gasteiger partial charge on any atom is -0.496 e. The second-order valence-electron chi connectivity index (χ2n) is 7.74. The highest BCUT2D eigenvalue weighted by molar-refractivity contribution is 6.15. The Morgan fingerprint density at radius 3 is 2.62 bits per heavy atom. The van der Waals surface area contributed by atoms with Crippen LogP contribution in [0.25, 0.3) is 55.2 Å². The molecule has 0 radical (unpaired) electrons. The van der Waals surface area contributed by atoms with Gasteiger partial charge in [-0.25, -0.2) is 9.97 Å². The van der Waals surface area contributed by atoms with Gasteiger partial charge in [0, 0.05) is 33.6 Å². The number of fused-ring (bicyclic) bond motifs is 4. The highest BCUT2D eigenvalue weighted by Gasteiger charge is 2.21. The number of nitrogens with zero attached hydrogens (tertiary/aromatic N) is 4. The Hall–Kier alpha value is -4.26. The molecule has 156 valence electrons. The fourth-order valence-electron chi connectivity index (χ4n) is 4.49. The lowest BCUT2D eigenvalue weighted by atomic mass is 9.99. The first-order chi connectivity index (χ1) is 15.7. The Bertz CT molecular complexity index is 1620. The molecule has 0 fully saturated rings. The molecule has 0 bridgehead atoms. The van der Waals surface area contributed by atoms with Crippen LogP contribution in [0.5, 0.6) is 5.75 Å². The van der Waals surface area contributed by atoms with Crippen LogP contribution in [0, 0.1) is 13.8 Å². The Kier molecular flexibility index (Phi) is 3.98. The summed E-state index contributed by atoms with van der Waals surface area (Å²) in [5.74, 6) is 1.49. The molecule has 0 saturated carbocycles. The van der Waals surface area contributed by atoms with Crippen molar-refractivity contribution in [2.45, 2.75) is 13.8 Å². The van der Waals surface area contributed by atoms with Crippen LogP contribution in [0.2, 0.25) is 0 Å². The molecule has 7 nitrogen and oxygen atoms in total. The SMILES string of the molecule is COc1cc2c(cc1-c1c(C)noc1C)[nH]c1ncnc(-c3ccnc4ccccc34)c12. The molecular weight excluding hydrogens is 402 g/mol. The third-order valence-electron chi connectivity index (χ3n) is 5.92. The van der Waals surface area contributed by atoms with Crippen LogP contribution in [0.4, 0.5) is 0 Å². The zero-order valence-electron chi connectivity index (χ0n) is 17.8. The van der Waals surface area contributed by atoms with E-state index < -0.39 is 0 Å². The van der Waals surface area contributed by atoms with Crippen LogP contribution < -0.4 is 4.74 Å². The molecule has 0 aliphatic rings. The summed E-state index contributed by atoms with van der Waals surface area (Å²) in [6.45, 7) is 3.83. The lowest BCUT2D eigenvalue weighted by Gasteiger charge is -2.10. The van der Waals surface area contributed by atoms with E-state index in [0.717, 1.165) is 72.4 Å². The molecule has 0 saturated heterocycles. The Morgan fingerprint density at radius 1 is 0.938 bits per heavy atom. The summed E-state index contributed by atoms with van der Waals surface area (Å²) in [4.78, 5) is 17.1. The van der Waals surface area contributed by atoms with E-state index in [0.29, 0.717) is 0 Å². The molecule has 0 aliphatic carbocycles. The average Bonchev–Trinajstić information content (AvgIpc) is 3.36. The summed E-state index contributed by atoms with van der Waals surface area (Å²) in [6.07, 6.45) is 3.41. The van der Waals surface area contributed by atoms with E-state index in [1.54, 1.807) is 13.4 Å². The number of hydrogen-bond acceptors (Lipinski definition) is 6. The second-order valence-corrected chi connectivity index (χ2v) is 7.74. The predicted molar refractivity (Wildman–Crippen MR) is 124 cm³/mol. The monoisotopic (exact) mass is 421 g/mol. The molecule has 0 spiro atoms. The molecule has 0 atom stereocenters. The van der Waals surface area contributed by atoms with Crippen molar-refractivity contribution in [2.75, 3.05) is 7.11 Å². The summed E-state index contributed by atoms with van der Waals surface area (Å²) in [5, 5.41) is 7.09. The number of methoxy groups -OCH3 is 1. The van der Waals surface area contributed by atoms with E-state index in [2.05, 4.69) is 37.2 Å². The first kappa shape index (κ1) is 18.5. The van der Waals surface area contributed by atoms with Crippen molar-refractivity contribution in [2.24, 2.45) is 0 Å². The number of nitrogens with one attached hydrogen (secondary N) is 1. The van der Waals surface area contributed by atoms with Crippen LogP contribution in [0.3, 0.4) is 0 Å². The fraction of sp³-hybridized carbons (Fsp3) is 0.120. The van der Waals surface area contributed by atoms with Gasteiger partial charge in [-0.2, -0.15) is 0 Å². The van der Waals surface area contributed by atoms with Gasteiger partial charge in [-0.1, -0.05) is 23.4 Å². The maximum absolute atomic E-state index is 5.79. The quantitative estimate of drug-likeness (QED) is 0.400. The van der Waals surface area contributed by atoms with Crippen molar-refractivity contribution in [3.05, 3.63) is 66.4 Å². The molecule has 32 heavy (non-hydrogen) atoms. The van der Waals surface area contributed by atoms with Crippen LogP contribution in [0.15, 0.2) is 59.5 Å². The molecule has 4 heterocycles. The second kappa shape index (κ2) is 6.88. The Balaban J connectivity index is 1.69. The van der Waals surface area contributed by atoms with Gasteiger partial charge in [0.2, 0.25) is 0 Å². The maximum Gasteiger partial charge on any atom is 0.142 e. The summed E-state index contributed by atoms with van der Waals surface area (Å²) in [6, 6.07) is 14.2. The standard InChI is InChI=1S/C25H19N5O2/c1-13-22(14(2)32-30-13)18-10-20-17(11-21(18)31-3)23-24(27-12-28-25(23)29-20)16-8-9-26-19-7-5-4-6-15(16)19/h4-12H,1-3H3,(H,27,28,29). The van der Waals surface area contributed by atoms with Gasteiger partial charge in [-0.3, -0.25) is 4.98 Å². The van der Waals surface area contributed by atoms with Crippen molar-refractivity contribution in [1.82, 2.24) is 25.1 Å². The third kappa shape index (κ3) is 2.61. The largest absolute Gasteiger partial charge is 0.496 e. The minimum atomic E-state index is 0.738. The van der Waals surface area contributed by atoms with Crippen molar-refractivity contribution in [1.29, 1.82) is 0 Å². The first-order valence-corrected chi connectivity index (χ1v) is 10.3. The van der Waals surface area contributed by atoms with Crippen LogP contribution >= 0.6 is 0 Å². The van der Waals surface area contributed by atoms with Gasteiger partial charge in [0.1, 0.15) is 23.5 Å². The Labute approximate surface area is 183 Å². The number of ether oxygens (including phenoxy) is 1. The zero-order valence-corrected chi connectivity index (χ0v) is 17.8. The smallest absolute Gasteiger partial charge is 0.142 e. The topological polar surface area (TPSA) is 89.7 Å². The number of aryl methyl sites for hydroxylation is 2. The third-order valence-corrected chi connectivity index (χ3v) is 5.92. The number of hydrogen-bond donors (Lipinski definition) is 1. The molecule has 6 aromatic rings. The lowest BCUT2D eigenvalue weighted by molar-refractivity contribution is 0.393. The summed E-state index contributed by atoms with van der Waals surface area (Å²) in [5.41, 5.74) is 7.18. The predicted octanol–water partition coefficient (Wildman–Crippen LogP) is 5.61.